The van der Waals surface area contributed by atoms with Crippen LogP contribution in [0.1, 0.15) is 5.56 Å². The Kier molecular flexibility index (Phi) is 6.79. The van der Waals surface area contributed by atoms with E-state index in [1.165, 1.54) is 10.5 Å². The molecule has 0 saturated carbocycles. The molecule has 12 heteroatoms. The van der Waals surface area contributed by atoms with Gasteiger partial charge in [0, 0.05) is 22.3 Å². The lowest BCUT2D eigenvalue weighted by Gasteiger charge is -2.31. The number of fused-ring (bicyclic) bond motifs is 4. The summed E-state index contributed by atoms with van der Waals surface area (Å²) in [7, 11) is -3.95. The topological polar surface area (TPSA) is 111 Å². The summed E-state index contributed by atoms with van der Waals surface area (Å²) in [6, 6.07) is 19.5. The van der Waals surface area contributed by atoms with Crippen molar-refractivity contribution in [1.29, 1.82) is 0 Å². The van der Waals surface area contributed by atoms with Gasteiger partial charge in [0.15, 0.2) is 16.7 Å². The van der Waals surface area contributed by atoms with Crippen LogP contribution in [0.3, 0.4) is 0 Å². The van der Waals surface area contributed by atoms with Crippen LogP contribution >= 0.6 is 23.4 Å². The standard InChI is InChI=1S/C27H21ClN4O5S2/c28-18-6-8-21-20(12-18)26-24(39(34,35)32(21)15-17-4-2-1-3-5-17)14-29-27(31-26)38-16-25(33)30-19-7-9-22-23(13-19)37-11-10-36-22/h1-9,12-14H,10-11,15-16H2,(H,30,33). The van der Waals surface area contributed by atoms with Crippen LogP contribution < -0.4 is 19.1 Å². The number of sulfonamides is 1. The number of hydrogen-bond acceptors (Lipinski definition) is 8. The summed E-state index contributed by atoms with van der Waals surface area (Å²) in [4.78, 5) is 21.4. The zero-order valence-electron chi connectivity index (χ0n) is 20.3. The Balaban J connectivity index is 1.24. The summed E-state index contributed by atoms with van der Waals surface area (Å²) in [6.07, 6.45) is 1.29. The molecule has 1 amide bonds. The molecule has 3 heterocycles. The third kappa shape index (κ3) is 5.12. The number of anilines is 2. The zero-order valence-corrected chi connectivity index (χ0v) is 22.7. The molecule has 1 N–H and O–H groups in total. The molecule has 0 bridgehead atoms. The van der Waals surface area contributed by atoms with E-state index in [1.807, 2.05) is 30.3 Å². The van der Waals surface area contributed by atoms with Gasteiger partial charge in [0.2, 0.25) is 5.91 Å². The van der Waals surface area contributed by atoms with E-state index >= 15 is 0 Å². The number of rotatable bonds is 6. The molecular weight excluding hydrogens is 560 g/mol. The quantitative estimate of drug-likeness (QED) is 0.250. The largest absolute Gasteiger partial charge is 0.486 e. The fourth-order valence-corrected chi connectivity index (χ4v) is 6.69. The maximum Gasteiger partial charge on any atom is 0.268 e. The highest BCUT2D eigenvalue weighted by molar-refractivity contribution is 7.99. The fraction of sp³-hybridized carbons (Fsp3) is 0.148. The molecular formula is C27H21ClN4O5S2. The second kappa shape index (κ2) is 10.4. The van der Waals surface area contributed by atoms with E-state index in [0.29, 0.717) is 46.7 Å². The minimum Gasteiger partial charge on any atom is -0.486 e. The molecule has 198 valence electrons. The Hall–Kier alpha value is -3.80. The minimum absolute atomic E-state index is 0.0155. The minimum atomic E-state index is -3.95. The van der Waals surface area contributed by atoms with Crippen molar-refractivity contribution in [2.24, 2.45) is 0 Å². The Bertz CT molecular complexity index is 1690. The predicted octanol–water partition coefficient (Wildman–Crippen LogP) is 5.01. The van der Waals surface area contributed by atoms with Gasteiger partial charge in [-0.25, -0.2) is 18.4 Å². The van der Waals surface area contributed by atoms with Crippen LogP contribution in [0.4, 0.5) is 11.4 Å². The molecule has 3 aromatic carbocycles. The SMILES string of the molecule is O=C(CSc1ncc2c(n1)-c1cc(Cl)ccc1N(Cc1ccccc1)S2(=O)=O)Nc1ccc2c(c1)OCCO2. The van der Waals surface area contributed by atoms with E-state index in [4.69, 9.17) is 21.1 Å². The van der Waals surface area contributed by atoms with Crippen LogP contribution in [0.25, 0.3) is 11.3 Å². The molecule has 0 radical (unpaired) electrons. The van der Waals surface area contributed by atoms with Gasteiger partial charge in [-0.05, 0) is 35.9 Å². The van der Waals surface area contributed by atoms with Crippen molar-refractivity contribution < 1.29 is 22.7 Å². The normalized spacial score (nSPS) is 14.7. The van der Waals surface area contributed by atoms with Crippen molar-refractivity contribution in [3.63, 3.8) is 0 Å². The van der Waals surface area contributed by atoms with Crippen LogP contribution in [0, 0.1) is 0 Å². The summed E-state index contributed by atoms with van der Waals surface area (Å²) in [5, 5.41) is 3.54. The highest BCUT2D eigenvalue weighted by Crippen LogP contribution is 2.44. The number of nitrogens with one attached hydrogen (secondary N) is 1. The molecule has 0 aliphatic carbocycles. The average Bonchev–Trinajstić information content (AvgIpc) is 2.95. The van der Waals surface area contributed by atoms with E-state index < -0.39 is 10.0 Å². The van der Waals surface area contributed by atoms with Crippen LogP contribution in [0.15, 0.2) is 83.0 Å². The van der Waals surface area contributed by atoms with Gasteiger partial charge in [0.25, 0.3) is 10.0 Å². The number of amides is 1. The maximum atomic E-state index is 13.7. The van der Waals surface area contributed by atoms with Crippen molar-refractivity contribution >= 4 is 50.7 Å². The first-order valence-electron chi connectivity index (χ1n) is 11.9. The Morgan fingerprint density at radius 3 is 2.64 bits per heavy atom. The van der Waals surface area contributed by atoms with E-state index in [1.54, 1.807) is 36.4 Å². The first-order chi connectivity index (χ1) is 18.9. The third-order valence-corrected chi connectivity index (χ3v) is 8.97. The van der Waals surface area contributed by atoms with E-state index in [2.05, 4.69) is 15.3 Å². The number of thioether (sulfide) groups is 1. The van der Waals surface area contributed by atoms with Crippen molar-refractivity contribution in [1.82, 2.24) is 9.97 Å². The molecule has 0 fully saturated rings. The first-order valence-corrected chi connectivity index (χ1v) is 14.7. The van der Waals surface area contributed by atoms with Gasteiger partial charge in [-0.2, -0.15) is 0 Å². The summed E-state index contributed by atoms with van der Waals surface area (Å²) >= 11 is 7.40. The van der Waals surface area contributed by atoms with E-state index in [-0.39, 0.29) is 34.0 Å². The molecule has 4 aromatic rings. The molecule has 0 unspecified atom stereocenters. The van der Waals surface area contributed by atoms with Crippen LogP contribution in [0.2, 0.25) is 5.02 Å². The van der Waals surface area contributed by atoms with Crippen molar-refractivity contribution in [2.75, 3.05) is 28.6 Å². The van der Waals surface area contributed by atoms with E-state index in [9.17, 15) is 13.2 Å². The smallest absolute Gasteiger partial charge is 0.268 e. The summed E-state index contributed by atoms with van der Waals surface area (Å²) < 4.78 is 39.7. The van der Waals surface area contributed by atoms with Crippen LogP contribution in [-0.2, 0) is 21.4 Å². The predicted molar refractivity (Wildman–Crippen MR) is 149 cm³/mol. The highest BCUT2D eigenvalue weighted by atomic mass is 35.5. The second-order valence-corrected chi connectivity index (χ2v) is 11.9. The number of benzene rings is 3. The number of nitrogens with zero attached hydrogens (tertiary/aromatic N) is 3. The lowest BCUT2D eigenvalue weighted by Crippen LogP contribution is -2.34. The monoisotopic (exact) mass is 580 g/mol. The fourth-order valence-electron chi connectivity index (χ4n) is 4.34. The van der Waals surface area contributed by atoms with Crippen molar-refractivity contribution in [3.8, 4) is 22.8 Å². The average molecular weight is 581 g/mol. The van der Waals surface area contributed by atoms with E-state index in [0.717, 1.165) is 17.3 Å². The summed E-state index contributed by atoms with van der Waals surface area (Å²) in [5.74, 6) is 0.948. The van der Waals surface area contributed by atoms with Crippen LogP contribution in [-0.4, -0.2) is 43.3 Å². The zero-order chi connectivity index (χ0) is 27.0. The third-order valence-electron chi connectivity index (χ3n) is 6.11. The van der Waals surface area contributed by atoms with Gasteiger partial charge in [-0.3, -0.25) is 9.10 Å². The summed E-state index contributed by atoms with van der Waals surface area (Å²) in [5.41, 5.74) is 2.71. The summed E-state index contributed by atoms with van der Waals surface area (Å²) in [6.45, 7) is 1.08. The molecule has 0 atom stereocenters. The first kappa shape index (κ1) is 25.5. The molecule has 0 saturated heterocycles. The number of aromatic nitrogens is 2. The molecule has 6 rings (SSSR count). The Morgan fingerprint density at radius 1 is 1.03 bits per heavy atom. The Labute approximate surface area is 234 Å². The highest BCUT2D eigenvalue weighted by Gasteiger charge is 2.37. The number of hydrogen-bond donors (Lipinski definition) is 1. The molecule has 0 spiro atoms. The number of halogens is 1. The van der Waals surface area contributed by atoms with Crippen molar-refractivity contribution in [2.45, 2.75) is 16.6 Å². The molecule has 2 aliphatic heterocycles. The van der Waals surface area contributed by atoms with Gasteiger partial charge in [0.05, 0.1) is 29.9 Å². The Morgan fingerprint density at radius 2 is 1.82 bits per heavy atom. The maximum absolute atomic E-state index is 13.7. The lowest BCUT2D eigenvalue weighted by molar-refractivity contribution is -0.113. The van der Waals surface area contributed by atoms with Gasteiger partial charge < -0.3 is 14.8 Å². The number of carbonyl (C=O) groups is 1. The van der Waals surface area contributed by atoms with Gasteiger partial charge in [-0.1, -0.05) is 53.7 Å². The lowest BCUT2D eigenvalue weighted by atomic mass is 10.1. The molecule has 1 aromatic heterocycles. The molecule has 2 aliphatic rings. The molecule has 39 heavy (non-hydrogen) atoms. The number of carbonyl (C=O) groups excluding carboxylic acids is 1. The van der Waals surface area contributed by atoms with Gasteiger partial charge in [-0.15, -0.1) is 0 Å². The van der Waals surface area contributed by atoms with Gasteiger partial charge >= 0.3 is 0 Å². The second-order valence-electron chi connectivity index (χ2n) is 8.72. The molecule has 9 nitrogen and oxygen atoms in total. The van der Waals surface area contributed by atoms with Crippen LogP contribution in [0.5, 0.6) is 11.5 Å². The number of ether oxygens (including phenoxy) is 2. The van der Waals surface area contributed by atoms with Crippen molar-refractivity contribution in [3.05, 3.63) is 83.5 Å². The van der Waals surface area contributed by atoms with Gasteiger partial charge in [0.1, 0.15) is 18.1 Å².